The maximum Gasteiger partial charge on any atom is 0.0494 e. The topological polar surface area (TPSA) is 17.0 Å². The summed E-state index contributed by atoms with van der Waals surface area (Å²) in [5.74, 6) is 0. The molecule has 0 atom stereocenters. The number of hydrogen-bond donors (Lipinski definition) is 1. The zero-order valence-electron chi connectivity index (χ0n) is 12.4. The smallest absolute Gasteiger partial charge is 0.0494 e. The second kappa shape index (κ2) is 4.66. The van der Waals surface area contributed by atoms with E-state index in [0.29, 0.717) is 0 Å². The van der Waals surface area contributed by atoms with Crippen LogP contribution in [0.25, 0.3) is 27.5 Å². The van der Waals surface area contributed by atoms with Crippen molar-refractivity contribution in [2.24, 2.45) is 0 Å². The highest BCUT2D eigenvalue weighted by atomic mass is 15.0. The van der Waals surface area contributed by atoms with Crippen molar-refractivity contribution in [1.82, 2.24) is 9.88 Å². The number of benzene rings is 2. The lowest BCUT2D eigenvalue weighted by atomic mass is 9.94. The first-order valence-corrected chi connectivity index (χ1v) is 7.77. The fraction of sp³-hybridized carbons (Fsp3) is 0.263. The SMILES string of the molecule is C=C1NCCc2c1ccc1c2c2ccccc2n1CCC. The van der Waals surface area contributed by atoms with Crippen LogP contribution in [0.3, 0.4) is 0 Å². The summed E-state index contributed by atoms with van der Waals surface area (Å²) < 4.78 is 2.47. The Kier molecular flexibility index (Phi) is 2.78. The molecule has 0 saturated heterocycles. The fourth-order valence-corrected chi connectivity index (χ4v) is 3.65. The third-order valence-electron chi connectivity index (χ3n) is 4.53. The predicted molar refractivity (Wildman–Crippen MR) is 90.5 cm³/mol. The highest BCUT2D eigenvalue weighted by Gasteiger charge is 2.19. The van der Waals surface area contributed by atoms with Crippen molar-refractivity contribution in [3.63, 3.8) is 0 Å². The monoisotopic (exact) mass is 276 g/mol. The third-order valence-corrected chi connectivity index (χ3v) is 4.53. The van der Waals surface area contributed by atoms with Crippen LogP contribution in [-0.2, 0) is 13.0 Å². The molecule has 1 aliphatic rings. The number of rotatable bonds is 2. The maximum absolute atomic E-state index is 4.17. The summed E-state index contributed by atoms with van der Waals surface area (Å²) in [6, 6.07) is 13.3. The Morgan fingerprint density at radius 2 is 2.00 bits per heavy atom. The summed E-state index contributed by atoms with van der Waals surface area (Å²) >= 11 is 0. The molecule has 0 aliphatic carbocycles. The Morgan fingerprint density at radius 1 is 1.14 bits per heavy atom. The molecule has 0 unspecified atom stereocenters. The van der Waals surface area contributed by atoms with Gasteiger partial charge in [0.05, 0.1) is 0 Å². The quantitative estimate of drug-likeness (QED) is 0.737. The van der Waals surface area contributed by atoms with Crippen molar-refractivity contribution < 1.29 is 0 Å². The number of nitrogens with zero attached hydrogens (tertiary/aromatic N) is 1. The summed E-state index contributed by atoms with van der Waals surface area (Å²) in [7, 11) is 0. The number of nitrogens with one attached hydrogen (secondary N) is 1. The van der Waals surface area contributed by atoms with Crippen molar-refractivity contribution in [2.75, 3.05) is 6.54 Å². The van der Waals surface area contributed by atoms with E-state index in [1.807, 2.05) is 0 Å². The van der Waals surface area contributed by atoms with E-state index in [2.05, 4.69) is 59.8 Å². The average Bonchev–Trinajstić information content (AvgIpc) is 2.83. The molecule has 0 radical (unpaired) electrons. The largest absolute Gasteiger partial charge is 0.385 e. The van der Waals surface area contributed by atoms with Gasteiger partial charge in [-0.25, -0.2) is 0 Å². The van der Waals surface area contributed by atoms with Gasteiger partial charge in [-0.05, 0) is 30.5 Å². The van der Waals surface area contributed by atoms with Crippen molar-refractivity contribution in [3.05, 3.63) is 54.1 Å². The minimum absolute atomic E-state index is 0.984. The van der Waals surface area contributed by atoms with Gasteiger partial charge >= 0.3 is 0 Å². The number of hydrogen-bond acceptors (Lipinski definition) is 1. The van der Waals surface area contributed by atoms with Gasteiger partial charge in [-0.2, -0.15) is 0 Å². The fourth-order valence-electron chi connectivity index (χ4n) is 3.65. The molecule has 1 aromatic heterocycles. The molecule has 2 aromatic carbocycles. The van der Waals surface area contributed by atoms with Gasteiger partial charge in [-0.3, -0.25) is 0 Å². The minimum atomic E-state index is 0.984. The van der Waals surface area contributed by atoms with Gasteiger partial charge in [-0.1, -0.05) is 37.8 Å². The standard InChI is InChI=1S/C19H20N2/c1-3-12-21-17-7-5-4-6-16(17)19-15-10-11-20-13(2)14(15)8-9-18(19)21/h4-9,20H,2-3,10-12H2,1H3. The molecule has 0 saturated carbocycles. The van der Waals surface area contributed by atoms with E-state index >= 15 is 0 Å². The second-order valence-electron chi connectivity index (χ2n) is 5.81. The summed E-state index contributed by atoms with van der Waals surface area (Å²) in [5, 5.41) is 6.19. The van der Waals surface area contributed by atoms with Gasteiger partial charge in [0.1, 0.15) is 0 Å². The van der Waals surface area contributed by atoms with Gasteiger partial charge in [0.15, 0.2) is 0 Å². The molecule has 0 spiro atoms. The lowest BCUT2D eigenvalue weighted by molar-refractivity contribution is 0.723. The Bertz CT molecular complexity index is 855. The molecule has 2 nitrogen and oxygen atoms in total. The third kappa shape index (κ3) is 1.72. The van der Waals surface area contributed by atoms with Crippen LogP contribution in [0.15, 0.2) is 43.0 Å². The number of aromatic nitrogens is 1. The van der Waals surface area contributed by atoms with Crippen LogP contribution in [0.4, 0.5) is 0 Å². The number of fused-ring (bicyclic) bond motifs is 5. The van der Waals surface area contributed by atoms with E-state index < -0.39 is 0 Å². The molecule has 0 fully saturated rings. The van der Waals surface area contributed by atoms with Crippen molar-refractivity contribution in [1.29, 1.82) is 0 Å². The number of para-hydroxylation sites is 1. The van der Waals surface area contributed by atoms with E-state index in [1.54, 1.807) is 0 Å². The zero-order valence-corrected chi connectivity index (χ0v) is 12.4. The molecule has 2 heteroatoms. The molecular weight excluding hydrogens is 256 g/mol. The molecule has 106 valence electrons. The molecule has 4 rings (SSSR count). The van der Waals surface area contributed by atoms with Crippen LogP contribution < -0.4 is 5.32 Å². The van der Waals surface area contributed by atoms with Gasteiger partial charge in [0.25, 0.3) is 0 Å². The van der Waals surface area contributed by atoms with Crippen LogP contribution in [0, 0.1) is 0 Å². The molecule has 1 aliphatic heterocycles. The zero-order chi connectivity index (χ0) is 14.4. The lowest BCUT2D eigenvalue weighted by Crippen LogP contribution is -2.22. The van der Waals surface area contributed by atoms with Crippen LogP contribution in [0.5, 0.6) is 0 Å². The van der Waals surface area contributed by atoms with Crippen molar-refractivity contribution in [3.8, 4) is 0 Å². The van der Waals surface area contributed by atoms with Gasteiger partial charge in [0, 0.05) is 46.2 Å². The Hall–Kier alpha value is -2.22. The average molecular weight is 276 g/mol. The van der Waals surface area contributed by atoms with Crippen LogP contribution >= 0.6 is 0 Å². The molecule has 21 heavy (non-hydrogen) atoms. The molecule has 0 amide bonds. The highest BCUT2D eigenvalue weighted by Crippen LogP contribution is 2.36. The number of aryl methyl sites for hydroxylation is 1. The summed E-state index contributed by atoms with van der Waals surface area (Å²) in [6.45, 7) is 8.46. The molecule has 3 aromatic rings. The van der Waals surface area contributed by atoms with E-state index in [-0.39, 0.29) is 0 Å². The molecular formula is C19H20N2. The Labute approximate surface area is 125 Å². The van der Waals surface area contributed by atoms with Gasteiger partial charge < -0.3 is 9.88 Å². The van der Waals surface area contributed by atoms with Gasteiger partial charge in [-0.15, -0.1) is 0 Å². The van der Waals surface area contributed by atoms with Crippen LogP contribution in [0.1, 0.15) is 24.5 Å². The van der Waals surface area contributed by atoms with Crippen LogP contribution in [-0.4, -0.2) is 11.1 Å². The van der Waals surface area contributed by atoms with Gasteiger partial charge in [0.2, 0.25) is 0 Å². The molecule has 0 bridgehead atoms. The Balaban J connectivity index is 2.17. The summed E-state index contributed by atoms with van der Waals surface area (Å²) in [4.78, 5) is 0. The summed E-state index contributed by atoms with van der Waals surface area (Å²) in [5.41, 5.74) is 6.53. The first kappa shape index (κ1) is 12.5. The summed E-state index contributed by atoms with van der Waals surface area (Å²) in [6.07, 6.45) is 2.23. The molecule has 1 N–H and O–H groups in total. The lowest BCUT2D eigenvalue weighted by Gasteiger charge is -2.21. The predicted octanol–water partition coefficient (Wildman–Crippen LogP) is 4.32. The van der Waals surface area contributed by atoms with Crippen LogP contribution in [0.2, 0.25) is 0 Å². The second-order valence-corrected chi connectivity index (χ2v) is 5.81. The van der Waals surface area contributed by atoms with Crippen molar-refractivity contribution >= 4 is 27.5 Å². The van der Waals surface area contributed by atoms with Crippen molar-refractivity contribution in [2.45, 2.75) is 26.3 Å². The van der Waals surface area contributed by atoms with E-state index in [0.717, 1.165) is 31.6 Å². The van der Waals surface area contributed by atoms with E-state index in [9.17, 15) is 0 Å². The van der Waals surface area contributed by atoms with E-state index in [4.69, 9.17) is 0 Å². The minimum Gasteiger partial charge on any atom is -0.385 e. The molecule has 2 heterocycles. The maximum atomic E-state index is 4.17. The first-order chi connectivity index (χ1) is 10.3. The van der Waals surface area contributed by atoms with E-state index in [1.165, 1.54) is 32.9 Å². The highest BCUT2D eigenvalue weighted by molar-refractivity contribution is 6.11. The normalized spacial score (nSPS) is 14.4. The first-order valence-electron chi connectivity index (χ1n) is 7.77. The Morgan fingerprint density at radius 3 is 2.86 bits per heavy atom.